The van der Waals surface area contributed by atoms with Crippen LogP contribution >= 0.6 is 0 Å². The van der Waals surface area contributed by atoms with Crippen molar-refractivity contribution in [3.8, 4) is 11.5 Å². The van der Waals surface area contributed by atoms with E-state index in [9.17, 15) is 4.79 Å². The number of benzene rings is 2. The lowest BCUT2D eigenvalue weighted by atomic mass is 10.1. The van der Waals surface area contributed by atoms with Crippen LogP contribution in [0.2, 0.25) is 0 Å². The second-order valence-electron chi connectivity index (χ2n) is 5.49. The van der Waals surface area contributed by atoms with Gasteiger partial charge in [0, 0.05) is 5.56 Å². The molecule has 0 saturated heterocycles. The Hall–Kier alpha value is -2.95. The van der Waals surface area contributed by atoms with Crippen molar-refractivity contribution in [1.82, 2.24) is 10.2 Å². The van der Waals surface area contributed by atoms with Crippen molar-refractivity contribution in [2.45, 2.75) is 20.3 Å². The molecule has 0 aliphatic heterocycles. The molecular formula is C18H17N3O2. The van der Waals surface area contributed by atoms with Gasteiger partial charge in [0.2, 0.25) is 11.8 Å². The molecule has 0 radical (unpaired) electrons. The molecule has 3 rings (SSSR count). The van der Waals surface area contributed by atoms with E-state index in [1.54, 1.807) is 0 Å². The van der Waals surface area contributed by atoms with E-state index < -0.39 is 0 Å². The Morgan fingerprint density at radius 3 is 2.22 bits per heavy atom. The number of rotatable bonds is 4. The topological polar surface area (TPSA) is 68.0 Å². The molecule has 3 aromatic rings. The zero-order chi connectivity index (χ0) is 16.2. The zero-order valence-corrected chi connectivity index (χ0v) is 13.0. The van der Waals surface area contributed by atoms with Crippen LogP contribution in [0.5, 0.6) is 0 Å². The summed E-state index contributed by atoms with van der Waals surface area (Å²) in [5.74, 6) is 0.198. The van der Waals surface area contributed by atoms with E-state index in [-0.39, 0.29) is 18.3 Å². The molecule has 0 unspecified atom stereocenters. The molecule has 5 nitrogen and oxygen atoms in total. The highest BCUT2D eigenvalue weighted by molar-refractivity contribution is 5.90. The molecule has 0 aliphatic rings. The number of carbonyl (C=O) groups is 1. The first-order chi connectivity index (χ1) is 11.1. The van der Waals surface area contributed by atoms with Gasteiger partial charge < -0.3 is 4.42 Å². The minimum Gasteiger partial charge on any atom is -0.403 e. The molecular weight excluding hydrogens is 290 g/mol. The second kappa shape index (κ2) is 6.44. The SMILES string of the molecule is Cc1ccc(CC(=O)Nc2nnc(-c3ccc(C)cc3)o2)cc1. The molecule has 1 N–H and O–H groups in total. The molecule has 1 amide bonds. The Balaban J connectivity index is 1.65. The Kier molecular flexibility index (Phi) is 4.19. The van der Waals surface area contributed by atoms with Gasteiger partial charge in [-0.15, -0.1) is 5.10 Å². The number of nitrogens with zero attached hydrogens (tertiary/aromatic N) is 2. The highest BCUT2D eigenvalue weighted by Gasteiger charge is 2.11. The first-order valence-electron chi connectivity index (χ1n) is 7.36. The molecule has 0 aliphatic carbocycles. The van der Waals surface area contributed by atoms with Gasteiger partial charge in [-0.2, -0.15) is 0 Å². The lowest BCUT2D eigenvalue weighted by molar-refractivity contribution is -0.115. The lowest BCUT2D eigenvalue weighted by Crippen LogP contribution is -2.14. The van der Waals surface area contributed by atoms with Crippen molar-refractivity contribution in [2.24, 2.45) is 0 Å². The summed E-state index contributed by atoms with van der Waals surface area (Å²) >= 11 is 0. The van der Waals surface area contributed by atoms with E-state index in [0.29, 0.717) is 5.89 Å². The van der Waals surface area contributed by atoms with Gasteiger partial charge in [-0.3, -0.25) is 10.1 Å². The number of nitrogens with one attached hydrogen (secondary N) is 1. The standard InChI is InChI=1S/C18H17N3O2/c1-12-3-7-14(8-4-12)11-16(22)19-18-21-20-17(23-18)15-9-5-13(2)6-10-15/h3-10H,11H2,1-2H3,(H,19,21,22). The van der Waals surface area contributed by atoms with Crippen LogP contribution in [0, 0.1) is 13.8 Å². The summed E-state index contributed by atoms with van der Waals surface area (Å²) in [4.78, 5) is 12.0. The molecule has 1 aromatic heterocycles. The first-order valence-corrected chi connectivity index (χ1v) is 7.36. The highest BCUT2D eigenvalue weighted by Crippen LogP contribution is 2.20. The third-order valence-electron chi connectivity index (χ3n) is 3.46. The monoisotopic (exact) mass is 307 g/mol. The summed E-state index contributed by atoms with van der Waals surface area (Å²) in [6.07, 6.45) is 0.266. The zero-order valence-electron chi connectivity index (χ0n) is 13.0. The van der Waals surface area contributed by atoms with Gasteiger partial charge >= 0.3 is 6.01 Å². The second-order valence-corrected chi connectivity index (χ2v) is 5.49. The smallest absolute Gasteiger partial charge is 0.322 e. The van der Waals surface area contributed by atoms with Crippen molar-refractivity contribution in [2.75, 3.05) is 5.32 Å². The van der Waals surface area contributed by atoms with Crippen LogP contribution in [0.25, 0.3) is 11.5 Å². The number of aromatic nitrogens is 2. The number of hydrogen-bond acceptors (Lipinski definition) is 4. The molecule has 2 aromatic carbocycles. The summed E-state index contributed by atoms with van der Waals surface area (Å²) in [6.45, 7) is 4.02. The summed E-state index contributed by atoms with van der Waals surface area (Å²) < 4.78 is 5.48. The Morgan fingerprint density at radius 1 is 0.957 bits per heavy atom. The van der Waals surface area contributed by atoms with Gasteiger partial charge in [0.1, 0.15) is 0 Å². The fourth-order valence-corrected chi connectivity index (χ4v) is 2.14. The quantitative estimate of drug-likeness (QED) is 0.800. The minimum atomic E-state index is -0.187. The van der Waals surface area contributed by atoms with Gasteiger partial charge in [0.15, 0.2) is 0 Å². The Morgan fingerprint density at radius 2 is 1.57 bits per heavy atom. The van der Waals surface area contributed by atoms with Gasteiger partial charge in [0.25, 0.3) is 0 Å². The maximum absolute atomic E-state index is 12.0. The van der Waals surface area contributed by atoms with Crippen LogP contribution in [-0.4, -0.2) is 16.1 Å². The van der Waals surface area contributed by atoms with Gasteiger partial charge in [-0.25, -0.2) is 0 Å². The van der Waals surface area contributed by atoms with Crippen molar-refractivity contribution >= 4 is 11.9 Å². The Bertz CT molecular complexity index is 805. The largest absolute Gasteiger partial charge is 0.403 e. The number of aryl methyl sites for hydroxylation is 2. The van der Waals surface area contributed by atoms with Crippen LogP contribution in [0.1, 0.15) is 16.7 Å². The maximum atomic E-state index is 12.0. The number of amides is 1. The number of carbonyl (C=O) groups excluding carboxylic acids is 1. The molecule has 0 saturated carbocycles. The van der Waals surface area contributed by atoms with Crippen LogP contribution in [-0.2, 0) is 11.2 Å². The van der Waals surface area contributed by atoms with Crippen molar-refractivity contribution in [3.05, 3.63) is 65.2 Å². The van der Waals surface area contributed by atoms with Crippen LogP contribution < -0.4 is 5.32 Å². The number of hydrogen-bond donors (Lipinski definition) is 1. The van der Waals surface area contributed by atoms with Gasteiger partial charge in [-0.05, 0) is 31.5 Å². The van der Waals surface area contributed by atoms with Crippen molar-refractivity contribution < 1.29 is 9.21 Å². The predicted octanol–water partition coefficient (Wildman–Crippen LogP) is 3.53. The average Bonchev–Trinajstić information content (AvgIpc) is 2.98. The molecule has 0 bridgehead atoms. The van der Waals surface area contributed by atoms with E-state index in [4.69, 9.17) is 4.42 Å². The molecule has 0 atom stereocenters. The Labute approximate surface area is 134 Å². The fraction of sp³-hybridized carbons (Fsp3) is 0.167. The molecule has 0 spiro atoms. The predicted molar refractivity (Wildman–Crippen MR) is 88.0 cm³/mol. The molecule has 5 heteroatoms. The molecule has 116 valence electrons. The summed E-state index contributed by atoms with van der Waals surface area (Å²) in [5.41, 5.74) is 4.07. The maximum Gasteiger partial charge on any atom is 0.322 e. The van der Waals surface area contributed by atoms with Crippen LogP contribution in [0.4, 0.5) is 6.01 Å². The molecule has 23 heavy (non-hydrogen) atoms. The van der Waals surface area contributed by atoms with E-state index in [1.807, 2.05) is 62.4 Å². The highest BCUT2D eigenvalue weighted by atomic mass is 16.4. The van der Waals surface area contributed by atoms with Crippen LogP contribution in [0.15, 0.2) is 52.9 Å². The summed E-state index contributed by atoms with van der Waals surface area (Å²) in [7, 11) is 0. The third-order valence-corrected chi connectivity index (χ3v) is 3.46. The van der Waals surface area contributed by atoms with Crippen LogP contribution in [0.3, 0.4) is 0 Å². The summed E-state index contributed by atoms with van der Waals surface area (Å²) in [5, 5.41) is 10.4. The summed E-state index contributed by atoms with van der Waals surface area (Å²) in [6, 6.07) is 15.7. The lowest BCUT2D eigenvalue weighted by Gasteiger charge is -2.01. The van der Waals surface area contributed by atoms with Crippen molar-refractivity contribution in [3.63, 3.8) is 0 Å². The number of anilines is 1. The molecule has 0 fully saturated rings. The average molecular weight is 307 g/mol. The van der Waals surface area contributed by atoms with E-state index in [2.05, 4.69) is 15.5 Å². The van der Waals surface area contributed by atoms with E-state index in [1.165, 1.54) is 0 Å². The molecule has 1 heterocycles. The van der Waals surface area contributed by atoms with Gasteiger partial charge in [0.05, 0.1) is 6.42 Å². The first kappa shape index (κ1) is 15.0. The fourth-order valence-electron chi connectivity index (χ4n) is 2.14. The van der Waals surface area contributed by atoms with E-state index >= 15 is 0 Å². The van der Waals surface area contributed by atoms with E-state index in [0.717, 1.165) is 22.3 Å². The van der Waals surface area contributed by atoms with Crippen molar-refractivity contribution in [1.29, 1.82) is 0 Å². The minimum absolute atomic E-state index is 0.109. The normalized spacial score (nSPS) is 10.5. The third kappa shape index (κ3) is 3.83. The van der Waals surface area contributed by atoms with Gasteiger partial charge in [-0.1, -0.05) is 52.6 Å².